The summed E-state index contributed by atoms with van der Waals surface area (Å²) in [5.74, 6) is -0.641. The van der Waals surface area contributed by atoms with Gasteiger partial charge in [-0.1, -0.05) is 42.5 Å². The van der Waals surface area contributed by atoms with Crippen molar-refractivity contribution in [1.82, 2.24) is 4.72 Å². The summed E-state index contributed by atoms with van der Waals surface area (Å²) in [6.07, 6.45) is 0.149. The molecule has 0 heterocycles. The molecule has 0 unspecified atom stereocenters. The molecule has 2 aromatic carbocycles. The van der Waals surface area contributed by atoms with Crippen LogP contribution in [0.25, 0.3) is 11.1 Å². The lowest BCUT2D eigenvalue weighted by Crippen LogP contribution is -2.45. The Hall–Kier alpha value is -2.22. The lowest BCUT2D eigenvalue weighted by molar-refractivity contribution is -0.157. The van der Waals surface area contributed by atoms with Crippen LogP contribution in [0.3, 0.4) is 0 Å². The number of carbonyl (C=O) groups excluding carboxylic acids is 1. The van der Waals surface area contributed by atoms with Crippen LogP contribution in [0.1, 0.15) is 27.2 Å². The summed E-state index contributed by atoms with van der Waals surface area (Å²) in [7, 11) is -3.89. The summed E-state index contributed by atoms with van der Waals surface area (Å²) in [6, 6.07) is 15.1. The molecule has 0 amide bonds. The molecule has 2 aromatic rings. The molecule has 0 aliphatic rings. The molecule has 0 aliphatic heterocycles. The fourth-order valence-electron chi connectivity index (χ4n) is 2.48. The molecule has 0 saturated carbocycles. The molecule has 7 heteroatoms. The zero-order chi connectivity index (χ0) is 20.1. The molecule has 0 radical (unpaired) electrons. The van der Waals surface area contributed by atoms with Gasteiger partial charge in [-0.05, 0) is 57.0 Å². The van der Waals surface area contributed by atoms with Crippen LogP contribution in [0.2, 0.25) is 0 Å². The van der Waals surface area contributed by atoms with Crippen molar-refractivity contribution in [1.29, 1.82) is 0 Å². The average Bonchev–Trinajstić information content (AvgIpc) is 2.61. The summed E-state index contributed by atoms with van der Waals surface area (Å²) in [4.78, 5) is 12.4. The number of nitrogens with one attached hydrogen (secondary N) is 1. The van der Waals surface area contributed by atoms with E-state index in [0.717, 1.165) is 11.1 Å². The third-order valence-electron chi connectivity index (χ3n) is 3.72. The Kier molecular flexibility index (Phi) is 6.75. The number of benzene rings is 2. The highest BCUT2D eigenvalue weighted by molar-refractivity contribution is 7.89. The molecule has 0 fully saturated rings. The fraction of sp³-hybridized carbons (Fsp3) is 0.350. The molecular formula is C20H26N2O4S. The van der Waals surface area contributed by atoms with Gasteiger partial charge in [0.1, 0.15) is 11.6 Å². The lowest BCUT2D eigenvalue weighted by atomic mass is 10.1. The quantitative estimate of drug-likeness (QED) is 0.708. The highest BCUT2D eigenvalue weighted by atomic mass is 32.2. The summed E-state index contributed by atoms with van der Waals surface area (Å²) in [5.41, 5.74) is 6.71. The van der Waals surface area contributed by atoms with Crippen LogP contribution in [-0.2, 0) is 19.6 Å². The van der Waals surface area contributed by atoms with E-state index in [2.05, 4.69) is 4.72 Å². The van der Waals surface area contributed by atoms with Gasteiger partial charge in [0.25, 0.3) is 0 Å². The van der Waals surface area contributed by atoms with Gasteiger partial charge in [0, 0.05) is 0 Å². The third kappa shape index (κ3) is 6.16. The van der Waals surface area contributed by atoms with Crippen molar-refractivity contribution < 1.29 is 17.9 Å². The first-order valence-corrected chi connectivity index (χ1v) is 10.2. The monoisotopic (exact) mass is 390 g/mol. The first kappa shape index (κ1) is 21.1. The predicted molar refractivity (Wildman–Crippen MR) is 106 cm³/mol. The Morgan fingerprint density at radius 3 is 2.11 bits per heavy atom. The van der Waals surface area contributed by atoms with Crippen LogP contribution < -0.4 is 10.5 Å². The number of hydrogen-bond acceptors (Lipinski definition) is 5. The number of ether oxygens (including phenoxy) is 1. The second-order valence-corrected chi connectivity index (χ2v) is 8.89. The molecule has 6 nitrogen and oxygen atoms in total. The van der Waals surface area contributed by atoms with E-state index in [1.54, 1.807) is 32.9 Å². The fourth-order valence-corrected chi connectivity index (χ4v) is 3.70. The second kappa shape index (κ2) is 8.65. The Morgan fingerprint density at radius 2 is 1.59 bits per heavy atom. The molecule has 0 spiro atoms. The smallest absolute Gasteiger partial charge is 0.324 e. The number of rotatable bonds is 7. The van der Waals surface area contributed by atoms with E-state index in [0.29, 0.717) is 0 Å². The molecule has 3 N–H and O–H groups in total. The number of nitrogens with two attached hydrogens (primary N) is 1. The molecule has 0 saturated heterocycles. The van der Waals surface area contributed by atoms with Gasteiger partial charge in [-0.2, -0.15) is 4.72 Å². The van der Waals surface area contributed by atoms with E-state index in [1.807, 2.05) is 30.3 Å². The van der Waals surface area contributed by atoms with Crippen LogP contribution in [0.15, 0.2) is 59.5 Å². The normalized spacial score (nSPS) is 13.2. The van der Waals surface area contributed by atoms with Crippen LogP contribution in [0, 0.1) is 0 Å². The van der Waals surface area contributed by atoms with Crippen molar-refractivity contribution in [3.05, 3.63) is 54.6 Å². The molecule has 0 aromatic heterocycles. The average molecular weight is 391 g/mol. The SMILES string of the molecule is CC(C)(C)OC(=O)[C@@H](CCN)NS(=O)(=O)c1ccc(-c2ccccc2)cc1. The van der Waals surface area contributed by atoms with E-state index in [4.69, 9.17) is 10.5 Å². The van der Waals surface area contributed by atoms with Gasteiger partial charge in [-0.3, -0.25) is 4.79 Å². The predicted octanol–water partition coefficient (Wildman–Crippen LogP) is 2.69. The zero-order valence-electron chi connectivity index (χ0n) is 15.8. The molecular weight excluding hydrogens is 364 g/mol. The number of hydrogen-bond donors (Lipinski definition) is 2. The minimum absolute atomic E-state index is 0.0766. The first-order valence-electron chi connectivity index (χ1n) is 8.73. The summed E-state index contributed by atoms with van der Waals surface area (Å²) in [5, 5.41) is 0. The van der Waals surface area contributed by atoms with Gasteiger partial charge >= 0.3 is 5.97 Å². The maximum absolute atomic E-state index is 12.7. The number of esters is 1. The van der Waals surface area contributed by atoms with Gasteiger partial charge in [0.15, 0.2) is 0 Å². The first-order chi connectivity index (χ1) is 12.6. The molecule has 146 valence electrons. The summed E-state index contributed by atoms with van der Waals surface area (Å²) < 4.78 is 33.1. The Bertz CT molecular complexity index is 857. The minimum Gasteiger partial charge on any atom is -0.459 e. The molecule has 27 heavy (non-hydrogen) atoms. The second-order valence-electron chi connectivity index (χ2n) is 7.18. The van der Waals surface area contributed by atoms with Gasteiger partial charge in [-0.25, -0.2) is 8.42 Å². The van der Waals surface area contributed by atoms with Crippen molar-refractivity contribution in [3.8, 4) is 11.1 Å². The Morgan fingerprint density at radius 1 is 1.04 bits per heavy atom. The van der Waals surface area contributed by atoms with Crippen molar-refractivity contribution in [2.24, 2.45) is 5.73 Å². The topological polar surface area (TPSA) is 98.5 Å². The molecule has 0 bridgehead atoms. The largest absolute Gasteiger partial charge is 0.459 e. The number of carbonyl (C=O) groups is 1. The Balaban J connectivity index is 2.19. The highest BCUT2D eigenvalue weighted by Gasteiger charge is 2.29. The van der Waals surface area contributed by atoms with Gasteiger partial charge < -0.3 is 10.5 Å². The van der Waals surface area contributed by atoms with Crippen LogP contribution in [0.4, 0.5) is 0 Å². The van der Waals surface area contributed by atoms with Crippen LogP contribution in [0.5, 0.6) is 0 Å². The van der Waals surface area contributed by atoms with E-state index < -0.39 is 27.6 Å². The maximum atomic E-state index is 12.7. The number of sulfonamides is 1. The standard InChI is InChI=1S/C20H26N2O4S/c1-20(2,3)26-19(23)18(13-14-21)22-27(24,25)17-11-9-16(10-12-17)15-7-5-4-6-8-15/h4-12,18,22H,13-14,21H2,1-3H3/t18-/m1/s1. The summed E-state index contributed by atoms with van der Waals surface area (Å²) in [6.45, 7) is 5.32. The van der Waals surface area contributed by atoms with Gasteiger partial charge in [0.2, 0.25) is 10.0 Å². The highest BCUT2D eigenvalue weighted by Crippen LogP contribution is 2.21. The van der Waals surface area contributed by atoms with E-state index >= 15 is 0 Å². The lowest BCUT2D eigenvalue weighted by Gasteiger charge is -2.24. The molecule has 0 aliphatic carbocycles. The van der Waals surface area contributed by atoms with E-state index in [-0.39, 0.29) is 17.9 Å². The maximum Gasteiger partial charge on any atom is 0.324 e. The van der Waals surface area contributed by atoms with Crippen molar-refractivity contribution in [2.75, 3.05) is 6.54 Å². The van der Waals surface area contributed by atoms with Gasteiger partial charge in [0.05, 0.1) is 4.90 Å². The Labute approximate surface area is 160 Å². The third-order valence-corrected chi connectivity index (χ3v) is 5.20. The molecule has 1 atom stereocenters. The van der Waals surface area contributed by atoms with Crippen molar-refractivity contribution >= 4 is 16.0 Å². The minimum atomic E-state index is -3.89. The van der Waals surface area contributed by atoms with Crippen molar-refractivity contribution in [3.63, 3.8) is 0 Å². The van der Waals surface area contributed by atoms with E-state index in [1.165, 1.54) is 12.1 Å². The zero-order valence-corrected chi connectivity index (χ0v) is 16.6. The molecule has 2 rings (SSSR count). The van der Waals surface area contributed by atoms with Crippen LogP contribution >= 0.6 is 0 Å². The summed E-state index contributed by atoms with van der Waals surface area (Å²) >= 11 is 0. The van der Waals surface area contributed by atoms with E-state index in [9.17, 15) is 13.2 Å². The van der Waals surface area contributed by atoms with Crippen molar-refractivity contribution in [2.45, 2.75) is 43.7 Å². The van der Waals surface area contributed by atoms with Crippen LogP contribution in [-0.4, -0.2) is 32.6 Å². The van der Waals surface area contributed by atoms with Gasteiger partial charge in [-0.15, -0.1) is 0 Å².